The largest absolute Gasteiger partial charge is 0.454 e. The van der Waals surface area contributed by atoms with Gasteiger partial charge in [-0.2, -0.15) is 0 Å². The minimum Gasteiger partial charge on any atom is -0.454 e. The van der Waals surface area contributed by atoms with Crippen LogP contribution in [0.15, 0.2) is 42.5 Å². The standard InChI is InChI=1S/C24H30N4O5/c1-17(24(30)25-14-18-3-8-21-22(13-18)33-16-32-21)27(2)15-23(29)26-19-4-6-20(7-5-19)28-9-11-31-12-10-28/h3-8,13,17H,9-12,14-16H2,1-2H3,(H,25,30)(H,26,29)/t17-/m1/s1. The number of likely N-dealkylation sites (N-methyl/N-ethyl adjacent to an activating group) is 1. The number of anilines is 2. The van der Waals surface area contributed by atoms with Crippen LogP contribution in [0.25, 0.3) is 0 Å². The molecule has 9 nitrogen and oxygen atoms in total. The van der Waals surface area contributed by atoms with E-state index in [1.807, 2.05) is 42.5 Å². The second-order valence-corrected chi connectivity index (χ2v) is 8.19. The van der Waals surface area contributed by atoms with Crippen LogP contribution in [0.3, 0.4) is 0 Å². The Kier molecular flexibility index (Phi) is 7.31. The third kappa shape index (κ3) is 5.94. The lowest BCUT2D eigenvalue weighted by molar-refractivity contribution is -0.126. The summed E-state index contributed by atoms with van der Waals surface area (Å²) in [5.74, 6) is 1.06. The fourth-order valence-electron chi connectivity index (χ4n) is 3.73. The number of hydrogen-bond donors (Lipinski definition) is 2. The lowest BCUT2D eigenvalue weighted by Gasteiger charge is -2.29. The van der Waals surface area contributed by atoms with Crippen molar-refractivity contribution in [3.8, 4) is 11.5 Å². The van der Waals surface area contributed by atoms with Gasteiger partial charge in [0.25, 0.3) is 0 Å². The van der Waals surface area contributed by atoms with Crippen molar-refractivity contribution in [3.05, 3.63) is 48.0 Å². The third-order valence-corrected chi connectivity index (χ3v) is 5.86. The Labute approximate surface area is 193 Å². The maximum absolute atomic E-state index is 12.6. The summed E-state index contributed by atoms with van der Waals surface area (Å²) < 4.78 is 16.1. The molecule has 4 rings (SSSR count). The van der Waals surface area contributed by atoms with E-state index in [4.69, 9.17) is 14.2 Å². The van der Waals surface area contributed by atoms with Gasteiger partial charge < -0.3 is 29.7 Å². The molecular weight excluding hydrogens is 424 g/mol. The maximum atomic E-state index is 12.6. The predicted octanol–water partition coefficient (Wildman–Crippen LogP) is 1.83. The van der Waals surface area contributed by atoms with E-state index in [0.29, 0.717) is 18.0 Å². The fraction of sp³-hybridized carbons (Fsp3) is 0.417. The fourth-order valence-corrected chi connectivity index (χ4v) is 3.73. The number of amides is 2. The van der Waals surface area contributed by atoms with Crippen molar-refractivity contribution in [2.75, 3.05) is 56.9 Å². The highest BCUT2D eigenvalue weighted by molar-refractivity contribution is 5.93. The van der Waals surface area contributed by atoms with Crippen LogP contribution in [-0.4, -0.2) is 69.4 Å². The monoisotopic (exact) mass is 454 g/mol. The number of benzene rings is 2. The highest BCUT2D eigenvalue weighted by Gasteiger charge is 2.21. The molecule has 1 saturated heterocycles. The molecule has 0 bridgehead atoms. The van der Waals surface area contributed by atoms with Crippen LogP contribution in [0.2, 0.25) is 0 Å². The molecule has 2 aromatic rings. The Bertz CT molecular complexity index is 975. The van der Waals surface area contributed by atoms with Crippen molar-refractivity contribution in [2.45, 2.75) is 19.5 Å². The summed E-state index contributed by atoms with van der Waals surface area (Å²) in [6.07, 6.45) is 0. The first-order chi connectivity index (χ1) is 16.0. The lowest BCUT2D eigenvalue weighted by atomic mass is 10.2. The van der Waals surface area contributed by atoms with E-state index in [2.05, 4.69) is 15.5 Å². The Balaban J connectivity index is 1.22. The smallest absolute Gasteiger partial charge is 0.238 e. The second kappa shape index (κ2) is 10.5. The molecule has 2 aromatic carbocycles. The van der Waals surface area contributed by atoms with Crippen LogP contribution in [0.5, 0.6) is 11.5 Å². The summed E-state index contributed by atoms with van der Waals surface area (Å²) in [4.78, 5) is 29.0. The van der Waals surface area contributed by atoms with E-state index < -0.39 is 6.04 Å². The van der Waals surface area contributed by atoms with E-state index in [1.54, 1.807) is 18.9 Å². The molecule has 1 fully saturated rings. The van der Waals surface area contributed by atoms with E-state index in [1.165, 1.54) is 0 Å². The Morgan fingerprint density at radius 2 is 1.79 bits per heavy atom. The van der Waals surface area contributed by atoms with Gasteiger partial charge in [0.1, 0.15) is 0 Å². The van der Waals surface area contributed by atoms with Crippen molar-refractivity contribution in [3.63, 3.8) is 0 Å². The van der Waals surface area contributed by atoms with Gasteiger partial charge in [-0.1, -0.05) is 6.07 Å². The number of carbonyl (C=O) groups is 2. The summed E-state index contributed by atoms with van der Waals surface area (Å²) in [5, 5.41) is 5.81. The van der Waals surface area contributed by atoms with E-state index in [0.717, 1.165) is 43.2 Å². The van der Waals surface area contributed by atoms with Gasteiger partial charge in [0.15, 0.2) is 11.5 Å². The molecule has 2 aliphatic heterocycles. The third-order valence-electron chi connectivity index (χ3n) is 5.86. The van der Waals surface area contributed by atoms with Crippen molar-refractivity contribution in [2.24, 2.45) is 0 Å². The maximum Gasteiger partial charge on any atom is 0.238 e. The molecule has 1 atom stereocenters. The highest BCUT2D eigenvalue weighted by atomic mass is 16.7. The van der Waals surface area contributed by atoms with E-state index >= 15 is 0 Å². The van der Waals surface area contributed by atoms with Gasteiger partial charge >= 0.3 is 0 Å². The minimum absolute atomic E-state index is 0.101. The van der Waals surface area contributed by atoms with Crippen molar-refractivity contribution in [1.29, 1.82) is 0 Å². The first kappa shape index (κ1) is 22.9. The molecule has 0 unspecified atom stereocenters. The second-order valence-electron chi connectivity index (χ2n) is 8.19. The summed E-state index contributed by atoms with van der Waals surface area (Å²) in [5.41, 5.74) is 2.76. The molecule has 2 amide bonds. The van der Waals surface area contributed by atoms with Gasteiger partial charge in [-0.25, -0.2) is 0 Å². The number of hydrogen-bond acceptors (Lipinski definition) is 7. The molecule has 176 valence electrons. The number of carbonyl (C=O) groups excluding carboxylic acids is 2. The van der Waals surface area contributed by atoms with Gasteiger partial charge in [0.05, 0.1) is 25.8 Å². The van der Waals surface area contributed by atoms with Gasteiger partial charge in [-0.3, -0.25) is 14.5 Å². The molecule has 2 heterocycles. The predicted molar refractivity (Wildman–Crippen MR) is 125 cm³/mol. The lowest BCUT2D eigenvalue weighted by Crippen LogP contribution is -2.45. The van der Waals surface area contributed by atoms with Crippen LogP contribution in [0, 0.1) is 0 Å². The summed E-state index contributed by atoms with van der Waals surface area (Å²) in [7, 11) is 1.76. The van der Waals surface area contributed by atoms with Crippen molar-refractivity contribution in [1.82, 2.24) is 10.2 Å². The quantitative estimate of drug-likeness (QED) is 0.629. The molecule has 0 saturated carbocycles. The number of morpholine rings is 1. The van der Waals surface area contributed by atoms with Crippen LogP contribution in [0.1, 0.15) is 12.5 Å². The number of nitrogens with zero attached hydrogens (tertiary/aromatic N) is 2. The summed E-state index contributed by atoms with van der Waals surface area (Å²) in [6, 6.07) is 12.9. The number of fused-ring (bicyclic) bond motifs is 1. The zero-order valence-corrected chi connectivity index (χ0v) is 19.0. The number of rotatable bonds is 8. The molecule has 0 aromatic heterocycles. The van der Waals surface area contributed by atoms with Gasteiger partial charge in [0, 0.05) is 31.0 Å². The molecule has 9 heteroatoms. The van der Waals surface area contributed by atoms with Crippen LogP contribution >= 0.6 is 0 Å². The SMILES string of the molecule is C[C@H](C(=O)NCc1ccc2c(c1)OCO2)N(C)CC(=O)Nc1ccc(N2CCOCC2)cc1. The first-order valence-electron chi connectivity index (χ1n) is 11.1. The van der Waals surface area contributed by atoms with Crippen molar-refractivity contribution < 1.29 is 23.8 Å². The Morgan fingerprint density at radius 1 is 1.06 bits per heavy atom. The van der Waals surface area contributed by atoms with Gasteiger partial charge in [0.2, 0.25) is 18.6 Å². The normalized spacial score (nSPS) is 15.9. The zero-order chi connectivity index (χ0) is 23.2. The van der Waals surface area contributed by atoms with E-state index in [-0.39, 0.29) is 25.2 Å². The Morgan fingerprint density at radius 3 is 2.55 bits per heavy atom. The molecule has 2 aliphatic rings. The first-order valence-corrected chi connectivity index (χ1v) is 11.1. The average molecular weight is 455 g/mol. The molecule has 33 heavy (non-hydrogen) atoms. The Hall–Kier alpha value is -3.30. The highest BCUT2D eigenvalue weighted by Crippen LogP contribution is 2.32. The summed E-state index contributed by atoms with van der Waals surface area (Å²) >= 11 is 0. The summed E-state index contributed by atoms with van der Waals surface area (Å²) in [6.45, 7) is 5.66. The molecule has 0 radical (unpaired) electrons. The van der Waals surface area contributed by atoms with Gasteiger partial charge in [-0.05, 0) is 55.9 Å². The number of ether oxygens (including phenoxy) is 3. The van der Waals surface area contributed by atoms with Gasteiger partial charge in [-0.15, -0.1) is 0 Å². The number of nitrogens with one attached hydrogen (secondary N) is 2. The molecular formula is C24H30N4O5. The van der Waals surface area contributed by atoms with Crippen LogP contribution < -0.4 is 25.0 Å². The average Bonchev–Trinajstić information content (AvgIpc) is 3.31. The van der Waals surface area contributed by atoms with Crippen LogP contribution in [-0.2, 0) is 20.9 Å². The van der Waals surface area contributed by atoms with Crippen LogP contribution in [0.4, 0.5) is 11.4 Å². The molecule has 2 N–H and O–H groups in total. The minimum atomic E-state index is -0.464. The van der Waals surface area contributed by atoms with E-state index in [9.17, 15) is 9.59 Å². The zero-order valence-electron chi connectivity index (χ0n) is 19.0. The molecule has 0 aliphatic carbocycles. The molecule has 0 spiro atoms. The topological polar surface area (TPSA) is 92.4 Å². The van der Waals surface area contributed by atoms with Crippen molar-refractivity contribution >= 4 is 23.2 Å².